The lowest BCUT2D eigenvalue weighted by atomic mass is 10.1. The van der Waals surface area contributed by atoms with E-state index >= 15 is 0 Å². The third-order valence-electron chi connectivity index (χ3n) is 2.36. The minimum atomic E-state index is 0.162. The van der Waals surface area contributed by atoms with Gasteiger partial charge in [0.25, 0.3) is 0 Å². The Morgan fingerprint density at radius 1 is 1.47 bits per heavy atom. The van der Waals surface area contributed by atoms with Gasteiger partial charge in [-0.15, -0.1) is 0 Å². The number of aromatic nitrogens is 1. The molecule has 0 aromatic carbocycles. The van der Waals surface area contributed by atoms with Crippen molar-refractivity contribution in [1.29, 1.82) is 0 Å². The minimum absolute atomic E-state index is 0.162. The van der Waals surface area contributed by atoms with Crippen molar-refractivity contribution >= 4 is 23.2 Å². The third kappa shape index (κ3) is 2.82. The molecule has 0 bridgehead atoms. The first-order valence-corrected chi connectivity index (χ1v) is 5.65. The maximum Gasteiger partial charge on any atom is 0.147 e. The molecule has 1 unspecified atom stereocenters. The Balaban J connectivity index is 2.16. The normalized spacial score (nSPS) is 22.4. The average molecular weight is 247 g/mol. The SMILES string of the molecule is Clc1cc(C2COCCCN2)cnc1Cl. The van der Waals surface area contributed by atoms with Crippen molar-refractivity contribution in [2.75, 3.05) is 19.8 Å². The van der Waals surface area contributed by atoms with Crippen LogP contribution in [0.1, 0.15) is 18.0 Å². The zero-order valence-corrected chi connectivity index (χ0v) is 9.68. The summed E-state index contributed by atoms with van der Waals surface area (Å²) < 4.78 is 5.47. The lowest BCUT2D eigenvalue weighted by Gasteiger charge is -2.15. The molecule has 1 N–H and O–H groups in total. The summed E-state index contributed by atoms with van der Waals surface area (Å²) in [6.45, 7) is 2.41. The van der Waals surface area contributed by atoms with Crippen LogP contribution in [-0.4, -0.2) is 24.7 Å². The molecule has 3 nitrogen and oxygen atoms in total. The van der Waals surface area contributed by atoms with Gasteiger partial charge in [0, 0.05) is 12.8 Å². The van der Waals surface area contributed by atoms with Gasteiger partial charge >= 0.3 is 0 Å². The summed E-state index contributed by atoms with van der Waals surface area (Å²) >= 11 is 11.7. The molecule has 1 aromatic rings. The Hall–Kier alpha value is -0.350. The van der Waals surface area contributed by atoms with Gasteiger partial charge in [0.1, 0.15) is 5.15 Å². The Labute approximate surface area is 98.7 Å². The van der Waals surface area contributed by atoms with Crippen LogP contribution in [0.3, 0.4) is 0 Å². The summed E-state index contributed by atoms with van der Waals surface area (Å²) in [7, 11) is 0. The summed E-state index contributed by atoms with van der Waals surface area (Å²) in [4.78, 5) is 4.02. The van der Waals surface area contributed by atoms with Crippen LogP contribution in [0.5, 0.6) is 0 Å². The molecule has 5 heteroatoms. The molecule has 1 saturated heterocycles. The fourth-order valence-electron chi connectivity index (χ4n) is 1.55. The van der Waals surface area contributed by atoms with Crippen molar-refractivity contribution in [3.05, 3.63) is 28.0 Å². The van der Waals surface area contributed by atoms with E-state index in [4.69, 9.17) is 27.9 Å². The fraction of sp³-hybridized carbons (Fsp3) is 0.500. The molecule has 2 rings (SSSR count). The Morgan fingerprint density at radius 2 is 2.33 bits per heavy atom. The van der Waals surface area contributed by atoms with Crippen molar-refractivity contribution in [3.63, 3.8) is 0 Å². The van der Waals surface area contributed by atoms with Crippen molar-refractivity contribution in [1.82, 2.24) is 10.3 Å². The molecule has 15 heavy (non-hydrogen) atoms. The number of rotatable bonds is 1. The molecule has 0 amide bonds. The van der Waals surface area contributed by atoms with Gasteiger partial charge in [0.2, 0.25) is 0 Å². The summed E-state index contributed by atoms with van der Waals surface area (Å²) in [6, 6.07) is 2.00. The number of nitrogens with zero attached hydrogens (tertiary/aromatic N) is 1. The van der Waals surface area contributed by atoms with Crippen molar-refractivity contribution in [2.24, 2.45) is 0 Å². The maximum atomic E-state index is 5.91. The van der Waals surface area contributed by atoms with Crippen LogP contribution in [0.15, 0.2) is 12.3 Å². The highest BCUT2D eigenvalue weighted by Gasteiger charge is 2.15. The van der Waals surface area contributed by atoms with Gasteiger partial charge in [-0.05, 0) is 24.6 Å². The van der Waals surface area contributed by atoms with Gasteiger partial charge in [-0.3, -0.25) is 0 Å². The molecule has 0 radical (unpaired) electrons. The average Bonchev–Trinajstić information content (AvgIpc) is 2.50. The molecule has 1 aliphatic rings. The van der Waals surface area contributed by atoms with E-state index in [1.165, 1.54) is 0 Å². The fourth-order valence-corrected chi connectivity index (χ4v) is 1.83. The van der Waals surface area contributed by atoms with E-state index in [0.29, 0.717) is 16.8 Å². The van der Waals surface area contributed by atoms with Gasteiger partial charge < -0.3 is 10.1 Å². The van der Waals surface area contributed by atoms with E-state index in [1.54, 1.807) is 6.20 Å². The van der Waals surface area contributed by atoms with Crippen LogP contribution in [0.4, 0.5) is 0 Å². The van der Waals surface area contributed by atoms with Crippen molar-refractivity contribution in [2.45, 2.75) is 12.5 Å². The highest BCUT2D eigenvalue weighted by molar-refractivity contribution is 6.41. The molecule has 82 valence electrons. The number of halogens is 2. The summed E-state index contributed by atoms with van der Waals surface area (Å²) in [5, 5.41) is 4.21. The molecular weight excluding hydrogens is 235 g/mol. The summed E-state index contributed by atoms with van der Waals surface area (Å²) in [5.41, 5.74) is 1.02. The lowest BCUT2D eigenvalue weighted by molar-refractivity contribution is 0.131. The van der Waals surface area contributed by atoms with Gasteiger partial charge in [0.05, 0.1) is 17.7 Å². The zero-order valence-electron chi connectivity index (χ0n) is 8.17. The first-order chi connectivity index (χ1) is 7.27. The van der Waals surface area contributed by atoms with Crippen LogP contribution in [0.25, 0.3) is 0 Å². The molecule has 1 fully saturated rings. The van der Waals surface area contributed by atoms with Crippen LogP contribution in [0.2, 0.25) is 10.2 Å². The standard InChI is InChI=1S/C10H12Cl2N2O/c11-8-4-7(5-14-10(8)12)9-6-15-3-1-2-13-9/h4-5,9,13H,1-3,6H2. The monoisotopic (exact) mass is 246 g/mol. The number of ether oxygens (including phenoxy) is 1. The molecule has 1 atom stereocenters. The second-order valence-electron chi connectivity index (χ2n) is 3.48. The smallest absolute Gasteiger partial charge is 0.147 e. The van der Waals surface area contributed by atoms with Gasteiger partial charge in [-0.1, -0.05) is 23.2 Å². The van der Waals surface area contributed by atoms with E-state index in [2.05, 4.69) is 10.3 Å². The Morgan fingerprint density at radius 3 is 3.13 bits per heavy atom. The van der Waals surface area contributed by atoms with Gasteiger partial charge in [-0.2, -0.15) is 0 Å². The first-order valence-electron chi connectivity index (χ1n) is 4.89. The topological polar surface area (TPSA) is 34.1 Å². The summed E-state index contributed by atoms with van der Waals surface area (Å²) in [6.07, 6.45) is 2.77. The molecule has 2 heterocycles. The van der Waals surface area contributed by atoms with Crippen molar-refractivity contribution < 1.29 is 4.74 Å². The zero-order chi connectivity index (χ0) is 10.7. The second kappa shape index (κ2) is 5.12. The second-order valence-corrected chi connectivity index (χ2v) is 4.24. The van der Waals surface area contributed by atoms with Crippen LogP contribution >= 0.6 is 23.2 Å². The Bertz CT molecular complexity index is 338. The highest BCUT2D eigenvalue weighted by atomic mass is 35.5. The van der Waals surface area contributed by atoms with Gasteiger partial charge in [-0.25, -0.2) is 4.98 Å². The van der Waals surface area contributed by atoms with E-state index in [-0.39, 0.29) is 6.04 Å². The molecule has 0 spiro atoms. The highest BCUT2D eigenvalue weighted by Crippen LogP contribution is 2.23. The lowest BCUT2D eigenvalue weighted by Crippen LogP contribution is -2.23. The first kappa shape index (κ1) is 11.1. The molecule has 1 aromatic heterocycles. The van der Waals surface area contributed by atoms with E-state index < -0.39 is 0 Å². The van der Waals surface area contributed by atoms with Crippen molar-refractivity contribution in [3.8, 4) is 0 Å². The predicted molar refractivity (Wildman–Crippen MR) is 60.4 cm³/mol. The maximum absolute atomic E-state index is 5.91. The molecule has 0 aliphatic carbocycles. The minimum Gasteiger partial charge on any atom is -0.379 e. The van der Waals surface area contributed by atoms with Crippen LogP contribution in [0, 0.1) is 0 Å². The largest absolute Gasteiger partial charge is 0.379 e. The van der Waals surface area contributed by atoms with E-state index in [0.717, 1.165) is 25.1 Å². The number of pyridine rings is 1. The predicted octanol–water partition coefficient (Wildman–Crippen LogP) is 2.44. The number of hydrogen-bond donors (Lipinski definition) is 1. The van der Waals surface area contributed by atoms with Crippen LogP contribution < -0.4 is 5.32 Å². The van der Waals surface area contributed by atoms with Crippen LogP contribution in [-0.2, 0) is 4.74 Å². The molecule has 1 aliphatic heterocycles. The van der Waals surface area contributed by atoms with E-state index in [9.17, 15) is 0 Å². The van der Waals surface area contributed by atoms with E-state index in [1.807, 2.05) is 6.07 Å². The molecule has 0 saturated carbocycles. The van der Waals surface area contributed by atoms with Gasteiger partial charge in [0.15, 0.2) is 0 Å². The molecular formula is C10H12Cl2N2O. The number of hydrogen-bond acceptors (Lipinski definition) is 3. The number of nitrogens with one attached hydrogen (secondary N) is 1. The quantitative estimate of drug-likeness (QED) is 0.774. The third-order valence-corrected chi connectivity index (χ3v) is 3.05. The summed E-state index contributed by atoms with van der Waals surface area (Å²) in [5.74, 6) is 0. The Kier molecular flexibility index (Phi) is 3.81.